The Morgan fingerprint density at radius 3 is 1.52 bits per heavy atom. The molecule has 0 bridgehead atoms. The fourth-order valence-corrected chi connectivity index (χ4v) is 5.56. The molecule has 0 saturated heterocycles. The number of aryl methyl sites for hydroxylation is 4. The van der Waals surface area contributed by atoms with Crippen molar-refractivity contribution in [1.82, 2.24) is 0 Å². The summed E-state index contributed by atoms with van der Waals surface area (Å²) in [6, 6.07) is 13.5. The van der Waals surface area contributed by atoms with Gasteiger partial charge in [-0.05, 0) is 104 Å². The van der Waals surface area contributed by atoms with Crippen molar-refractivity contribution in [3.63, 3.8) is 0 Å². The summed E-state index contributed by atoms with van der Waals surface area (Å²) >= 11 is 0. The number of hydrogen-bond donors (Lipinski definition) is 0. The summed E-state index contributed by atoms with van der Waals surface area (Å²) in [5.74, 6) is 0. The Balaban J connectivity index is 0.00000882. The molecule has 0 fully saturated rings. The van der Waals surface area contributed by atoms with Crippen LogP contribution in [0.5, 0.6) is 0 Å². The van der Waals surface area contributed by atoms with Crippen LogP contribution in [0.3, 0.4) is 0 Å². The van der Waals surface area contributed by atoms with Crippen molar-refractivity contribution in [2.45, 2.75) is 151 Å². The summed E-state index contributed by atoms with van der Waals surface area (Å²) in [6.07, 6.45) is 25.4. The van der Waals surface area contributed by atoms with Crippen molar-refractivity contribution >= 4 is 22.8 Å². The molecule has 0 atom stereocenters. The fraction of sp³-hybridized carbons (Fsp3) is 0.590. The zero-order valence-electron chi connectivity index (χ0n) is 27.9. The molecule has 0 radical (unpaired) electrons. The molecule has 2 rings (SSSR count). The SMILES string of the molecule is CCCCCCCCCCC/C=C/C(=Nc1ccc(CC)c(CC)c1)C(CCCC)=Nc1ccc(CC)c(CC)c1.[Pd]. The molecule has 0 heterocycles. The van der Waals surface area contributed by atoms with Gasteiger partial charge in [-0.1, -0.05) is 118 Å². The van der Waals surface area contributed by atoms with Gasteiger partial charge in [-0.25, -0.2) is 4.99 Å². The van der Waals surface area contributed by atoms with Gasteiger partial charge in [0.2, 0.25) is 0 Å². The Bertz CT molecular complexity index is 1100. The van der Waals surface area contributed by atoms with Crippen molar-refractivity contribution in [3.8, 4) is 0 Å². The van der Waals surface area contributed by atoms with E-state index in [2.05, 4.69) is 90.1 Å². The van der Waals surface area contributed by atoms with Crippen LogP contribution in [0.25, 0.3) is 0 Å². The molecule has 0 amide bonds. The number of nitrogens with zero attached hydrogens (tertiary/aromatic N) is 2. The van der Waals surface area contributed by atoms with E-state index in [0.717, 1.165) is 74.2 Å². The predicted octanol–water partition coefficient (Wildman–Crippen LogP) is 12.4. The Labute approximate surface area is 273 Å². The van der Waals surface area contributed by atoms with E-state index in [-0.39, 0.29) is 20.4 Å². The molecule has 0 aromatic heterocycles. The van der Waals surface area contributed by atoms with Crippen molar-refractivity contribution in [1.29, 1.82) is 0 Å². The van der Waals surface area contributed by atoms with E-state index in [4.69, 9.17) is 9.98 Å². The number of rotatable bonds is 21. The maximum atomic E-state index is 5.26. The monoisotopic (exact) mass is 662 g/mol. The second kappa shape index (κ2) is 23.6. The van der Waals surface area contributed by atoms with Gasteiger partial charge in [0.25, 0.3) is 0 Å². The minimum atomic E-state index is 0. The van der Waals surface area contributed by atoms with Crippen LogP contribution < -0.4 is 0 Å². The minimum absolute atomic E-state index is 0. The molecule has 236 valence electrons. The minimum Gasteiger partial charge on any atom is -0.251 e. The maximum absolute atomic E-state index is 5.26. The van der Waals surface area contributed by atoms with E-state index in [9.17, 15) is 0 Å². The number of aliphatic imine (C=N–C) groups is 2. The smallest absolute Gasteiger partial charge is 0.0848 e. The van der Waals surface area contributed by atoms with Crippen LogP contribution in [0.2, 0.25) is 0 Å². The molecule has 3 heteroatoms. The van der Waals surface area contributed by atoms with E-state index in [1.165, 1.54) is 80.0 Å². The van der Waals surface area contributed by atoms with Crippen LogP contribution in [0.4, 0.5) is 11.4 Å². The van der Waals surface area contributed by atoms with Gasteiger partial charge in [0.05, 0.1) is 22.8 Å². The van der Waals surface area contributed by atoms with Gasteiger partial charge in [0.15, 0.2) is 0 Å². The van der Waals surface area contributed by atoms with Crippen molar-refractivity contribution in [3.05, 3.63) is 70.8 Å². The molecule has 0 unspecified atom stereocenters. The van der Waals surface area contributed by atoms with Crippen molar-refractivity contribution in [2.75, 3.05) is 0 Å². The summed E-state index contributed by atoms with van der Waals surface area (Å²) in [5.41, 5.74) is 9.91. The van der Waals surface area contributed by atoms with Crippen LogP contribution in [-0.4, -0.2) is 11.4 Å². The first kappa shape index (κ1) is 38.2. The molecule has 0 N–H and O–H groups in total. The van der Waals surface area contributed by atoms with Crippen LogP contribution in [0, 0.1) is 0 Å². The van der Waals surface area contributed by atoms with Gasteiger partial charge in [-0.15, -0.1) is 0 Å². The topological polar surface area (TPSA) is 24.7 Å². The Kier molecular flexibility index (Phi) is 21.5. The molecule has 0 aliphatic heterocycles. The molecule has 0 aliphatic carbocycles. The quantitative estimate of drug-likeness (QED) is 0.0722. The van der Waals surface area contributed by atoms with Crippen LogP contribution in [-0.2, 0) is 46.1 Å². The van der Waals surface area contributed by atoms with E-state index >= 15 is 0 Å². The van der Waals surface area contributed by atoms with Gasteiger partial charge in [-0.2, -0.15) is 0 Å². The van der Waals surface area contributed by atoms with E-state index in [1.54, 1.807) is 0 Å². The third-order valence-electron chi connectivity index (χ3n) is 8.23. The van der Waals surface area contributed by atoms with Crippen LogP contribution >= 0.6 is 0 Å². The third kappa shape index (κ3) is 14.1. The standard InChI is InChI=1S/C39H60N2.Pd/c1-7-13-15-16-17-18-19-20-21-22-23-25-39(41-37-29-27-33(10-4)35(12-6)31-37)38(24-14-8-2)40-36-28-26-32(9-3)34(11-5)30-36;/h23,25-31H,7-22,24H2,1-6H3;/b25-23+,40-38?,41-39?;. The van der Waals surface area contributed by atoms with Gasteiger partial charge in [0, 0.05) is 20.4 Å². The van der Waals surface area contributed by atoms with E-state index in [0.29, 0.717) is 0 Å². The average Bonchev–Trinajstić information content (AvgIpc) is 3.01. The molecular weight excluding hydrogens is 603 g/mol. The Hall–Kier alpha value is -1.82. The molecule has 42 heavy (non-hydrogen) atoms. The summed E-state index contributed by atoms with van der Waals surface area (Å²) < 4.78 is 0. The molecule has 0 saturated carbocycles. The second-order valence-electron chi connectivity index (χ2n) is 11.5. The molecule has 2 aromatic carbocycles. The van der Waals surface area contributed by atoms with Gasteiger partial charge < -0.3 is 0 Å². The third-order valence-corrected chi connectivity index (χ3v) is 8.23. The van der Waals surface area contributed by atoms with E-state index in [1.807, 2.05) is 0 Å². The fourth-order valence-electron chi connectivity index (χ4n) is 5.56. The van der Waals surface area contributed by atoms with Gasteiger partial charge in [-0.3, -0.25) is 4.99 Å². The van der Waals surface area contributed by atoms with Crippen molar-refractivity contribution < 1.29 is 20.4 Å². The zero-order chi connectivity index (χ0) is 29.7. The van der Waals surface area contributed by atoms with Gasteiger partial charge >= 0.3 is 0 Å². The van der Waals surface area contributed by atoms with Gasteiger partial charge in [0.1, 0.15) is 0 Å². The second-order valence-corrected chi connectivity index (χ2v) is 11.5. The first-order chi connectivity index (χ1) is 20.1. The molecular formula is C39H60N2Pd. The molecule has 2 nitrogen and oxygen atoms in total. The summed E-state index contributed by atoms with van der Waals surface area (Å²) in [5, 5.41) is 0. The van der Waals surface area contributed by atoms with E-state index < -0.39 is 0 Å². The zero-order valence-corrected chi connectivity index (χ0v) is 29.4. The Morgan fingerprint density at radius 1 is 0.548 bits per heavy atom. The largest absolute Gasteiger partial charge is 0.251 e. The summed E-state index contributed by atoms with van der Waals surface area (Å²) in [4.78, 5) is 10.5. The number of allylic oxidation sites excluding steroid dienone is 2. The summed E-state index contributed by atoms with van der Waals surface area (Å²) in [6.45, 7) is 13.5. The van der Waals surface area contributed by atoms with Crippen molar-refractivity contribution in [2.24, 2.45) is 9.98 Å². The first-order valence-corrected chi connectivity index (χ1v) is 17.2. The molecule has 0 spiro atoms. The maximum Gasteiger partial charge on any atom is 0.0848 e. The van der Waals surface area contributed by atoms with Crippen LogP contribution in [0.1, 0.15) is 147 Å². The number of benzene rings is 2. The summed E-state index contributed by atoms with van der Waals surface area (Å²) in [7, 11) is 0. The average molecular weight is 663 g/mol. The molecule has 2 aromatic rings. The number of hydrogen-bond acceptors (Lipinski definition) is 2. The Morgan fingerprint density at radius 2 is 1.02 bits per heavy atom. The molecule has 0 aliphatic rings. The predicted molar refractivity (Wildman–Crippen MR) is 185 cm³/mol. The normalized spacial score (nSPS) is 12.2. The number of unbranched alkanes of at least 4 members (excludes halogenated alkanes) is 10. The van der Waals surface area contributed by atoms with Crippen LogP contribution in [0.15, 0.2) is 58.5 Å². The first-order valence-electron chi connectivity index (χ1n) is 17.2.